The van der Waals surface area contributed by atoms with Crippen LogP contribution in [0.1, 0.15) is 25.8 Å². The van der Waals surface area contributed by atoms with Crippen LogP contribution in [0.3, 0.4) is 0 Å². The monoisotopic (exact) mass is 441 g/mol. The molecule has 0 aromatic heterocycles. The average Bonchev–Trinajstić information content (AvgIpc) is 2.70. The lowest BCUT2D eigenvalue weighted by atomic mass is 10.0. The number of aliphatic hydroxyl groups is 1. The van der Waals surface area contributed by atoms with Gasteiger partial charge in [0.1, 0.15) is 0 Å². The molecule has 6 nitrogen and oxygen atoms in total. The van der Waals surface area contributed by atoms with Crippen molar-refractivity contribution in [1.29, 1.82) is 0 Å². The molecular weight excluding hydrogens is 414 g/mol. The van der Waals surface area contributed by atoms with Gasteiger partial charge in [-0.15, -0.1) is 0 Å². The quantitative estimate of drug-likeness (QED) is 0.604. The van der Waals surface area contributed by atoms with Crippen LogP contribution in [0.25, 0.3) is 0 Å². The zero-order valence-corrected chi connectivity index (χ0v) is 18.7. The summed E-state index contributed by atoms with van der Waals surface area (Å²) >= 11 is 5.92. The van der Waals surface area contributed by atoms with Gasteiger partial charge in [-0.05, 0) is 54.3 Å². The van der Waals surface area contributed by atoms with Gasteiger partial charge < -0.3 is 14.6 Å². The summed E-state index contributed by atoms with van der Waals surface area (Å²) in [7, 11) is -0.798. The SMILES string of the molecule is COc1ccc(CN([C@H](CO)CC(C)C)S(=O)(=O)c2ccc(Cl)cc2)cc1OC. The minimum atomic E-state index is -3.87. The molecule has 0 aliphatic carbocycles. The zero-order valence-electron chi connectivity index (χ0n) is 17.1. The molecule has 0 spiro atoms. The Morgan fingerprint density at radius 3 is 2.17 bits per heavy atom. The Morgan fingerprint density at radius 1 is 1.03 bits per heavy atom. The van der Waals surface area contributed by atoms with Crippen molar-refractivity contribution in [2.24, 2.45) is 5.92 Å². The van der Waals surface area contributed by atoms with E-state index in [4.69, 9.17) is 21.1 Å². The highest BCUT2D eigenvalue weighted by Crippen LogP contribution is 2.30. The number of rotatable bonds is 10. The average molecular weight is 442 g/mol. The van der Waals surface area contributed by atoms with Crippen LogP contribution in [0.4, 0.5) is 0 Å². The van der Waals surface area contributed by atoms with Crippen LogP contribution in [-0.2, 0) is 16.6 Å². The molecule has 0 heterocycles. The van der Waals surface area contributed by atoms with Gasteiger partial charge in [0, 0.05) is 17.6 Å². The lowest BCUT2D eigenvalue weighted by Gasteiger charge is -2.31. The van der Waals surface area contributed by atoms with Gasteiger partial charge in [0.2, 0.25) is 10.0 Å². The van der Waals surface area contributed by atoms with E-state index < -0.39 is 16.1 Å². The molecule has 2 aromatic rings. The summed E-state index contributed by atoms with van der Waals surface area (Å²) in [5.41, 5.74) is 0.724. The fraction of sp³-hybridized carbons (Fsp3) is 0.429. The van der Waals surface area contributed by atoms with Gasteiger partial charge in [-0.1, -0.05) is 31.5 Å². The molecule has 0 bridgehead atoms. The second kappa shape index (κ2) is 10.3. The Morgan fingerprint density at radius 2 is 1.66 bits per heavy atom. The number of hydrogen-bond acceptors (Lipinski definition) is 5. The Labute approximate surface area is 178 Å². The lowest BCUT2D eigenvalue weighted by molar-refractivity contribution is 0.164. The first kappa shape index (κ1) is 23.5. The highest BCUT2D eigenvalue weighted by Gasteiger charge is 2.32. The number of benzene rings is 2. The molecule has 1 atom stereocenters. The number of halogens is 1. The first-order chi connectivity index (χ1) is 13.7. The molecule has 0 saturated heterocycles. The van der Waals surface area contributed by atoms with E-state index in [9.17, 15) is 13.5 Å². The lowest BCUT2D eigenvalue weighted by Crippen LogP contribution is -2.42. The Kier molecular flexibility index (Phi) is 8.34. The van der Waals surface area contributed by atoms with Crippen molar-refractivity contribution in [2.45, 2.75) is 37.8 Å². The van der Waals surface area contributed by atoms with E-state index in [-0.39, 0.29) is 24.0 Å². The third-order valence-corrected chi connectivity index (χ3v) is 6.73. The van der Waals surface area contributed by atoms with Gasteiger partial charge in [0.25, 0.3) is 0 Å². The van der Waals surface area contributed by atoms with Crippen molar-refractivity contribution in [3.8, 4) is 11.5 Å². The van der Waals surface area contributed by atoms with Crippen LogP contribution in [0.15, 0.2) is 47.4 Å². The van der Waals surface area contributed by atoms with Crippen LogP contribution >= 0.6 is 11.6 Å². The normalized spacial score (nSPS) is 13.0. The largest absolute Gasteiger partial charge is 0.493 e. The van der Waals surface area contributed by atoms with Crippen molar-refractivity contribution in [2.75, 3.05) is 20.8 Å². The maximum Gasteiger partial charge on any atom is 0.243 e. The Balaban J connectivity index is 2.48. The summed E-state index contributed by atoms with van der Waals surface area (Å²) in [4.78, 5) is 0.129. The molecule has 2 aromatic carbocycles. The first-order valence-electron chi connectivity index (χ1n) is 9.32. The van der Waals surface area contributed by atoms with Crippen LogP contribution < -0.4 is 9.47 Å². The highest BCUT2D eigenvalue weighted by molar-refractivity contribution is 7.89. The van der Waals surface area contributed by atoms with Gasteiger partial charge in [0.15, 0.2) is 11.5 Å². The van der Waals surface area contributed by atoms with Crippen LogP contribution in [0.2, 0.25) is 5.02 Å². The minimum absolute atomic E-state index is 0.0866. The first-order valence-corrected chi connectivity index (χ1v) is 11.1. The Bertz CT molecular complexity index is 900. The van der Waals surface area contributed by atoms with Crippen molar-refractivity contribution < 1.29 is 23.0 Å². The van der Waals surface area contributed by atoms with Gasteiger partial charge in [0.05, 0.1) is 25.7 Å². The molecule has 29 heavy (non-hydrogen) atoms. The number of ether oxygens (including phenoxy) is 2. The number of hydrogen-bond donors (Lipinski definition) is 1. The van der Waals surface area contributed by atoms with Crippen LogP contribution in [0.5, 0.6) is 11.5 Å². The summed E-state index contributed by atoms with van der Waals surface area (Å²) in [5, 5.41) is 10.4. The molecule has 0 fully saturated rings. The third-order valence-electron chi connectivity index (χ3n) is 4.57. The maximum atomic E-state index is 13.4. The molecule has 0 saturated carbocycles. The third kappa shape index (κ3) is 5.85. The molecule has 1 N–H and O–H groups in total. The van der Waals surface area contributed by atoms with E-state index in [1.165, 1.54) is 23.5 Å². The number of nitrogens with zero attached hydrogens (tertiary/aromatic N) is 1. The smallest absolute Gasteiger partial charge is 0.243 e. The molecule has 0 aliphatic rings. The fourth-order valence-corrected chi connectivity index (χ4v) is 4.88. The molecule has 0 radical (unpaired) electrons. The second-order valence-electron chi connectivity index (χ2n) is 7.16. The number of methoxy groups -OCH3 is 2. The second-order valence-corrected chi connectivity index (χ2v) is 9.49. The molecule has 0 amide bonds. The zero-order chi connectivity index (χ0) is 21.6. The summed E-state index contributed by atoms with van der Waals surface area (Å²) in [6.07, 6.45) is 0.524. The maximum absolute atomic E-state index is 13.4. The van der Waals surface area contributed by atoms with E-state index in [2.05, 4.69) is 0 Å². The van der Waals surface area contributed by atoms with Crippen molar-refractivity contribution >= 4 is 21.6 Å². The minimum Gasteiger partial charge on any atom is -0.493 e. The van der Waals surface area contributed by atoms with Crippen LogP contribution in [-0.4, -0.2) is 44.7 Å². The molecule has 2 rings (SSSR count). The molecular formula is C21H28ClNO5S. The summed E-state index contributed by atoms with van der Waals surface area (Å²) in [5.74, 6) is 1.28. The highest BCUT2D eigenvalue weighted by atomic mass is 35.5. The van der Waals surface area contributed by atoms with E-state index in [0.717, 1.165) is 5.56 Å². The number of sulfonamides is 1. The molecule has 160 valence electrons. The number of aliphatic hydroxyl groups excluding tert-OH is 1. The van der Waals surface area contributed by atoms with E-state index in [0.29, 0.717) is 22.9 Å². The summed E-state index contributed by atoms with van der Waals surface area (Å²) in [6, 6.07) is 10.7. The summed E-state index contributed by atoms with van der Waals surface area (Å²) in [6.45, 7) is 3.79. The van der Waals surface area contributed by atoms with Gasteiger partial charge in [-0.2, -0.15) is 4.31 Å². The predicted octanol–water partition coefficient (Wildman–Crippen LogP) is 3.96. The van der Waals surface area contributed by atoms with E-state index >= 15 is 0 Å². The van der Waals surface area contributed by atoms with Gasteiger partial charge in [-0.3, -0.25) is 0 Å². The molecule has 0 unspecified atom stereocenters. The van der Waals surface area contributed by atoms with Gasteiger partial charge >= 0.3 is 0 Å². The molecule has 8 heteroatoms. The van der Waals surface area contributed by atoms with E-state index in [1.807, 2.05) is 13.8 Å². The van der Waals surface area contributed by atoms with Crippen molar-refractivity contribution in [3.05, 3.63) is 53.1 Å². The van der Waals surface area contributed by atoms with Crippen LogP contribution in [0, 0.1) is 5.92 Å². The topological polar surface area (TPSA) is 76.1 Å². The molecule has 0 aliphatic heterocycles. The van der Waals surface area contributed by atoms with Crippen molar-refractivity contribution in [3.63, 3.8) is 0 Å². The Hall–Kier alpha value is -1.80. The summed E-state index contributed by atoms with van der Waals surface area (Å²) < 4.78 is 38.8. The van der Waals surface area contributed by atoms with Crippen molar-refractivity contribution in [1.82, 2.24) is 4.31 Å². The standard InChI is InChI=1S/C21H28ClNO5S/c1-15(2)11-18(14-24)23(29(25,26)19-8-6-17(22)7-9-19)13-16-5-10-20(27-3)21(12-16)28-4/h5-10,12,15,18,24H,11,13-14H2,1-4H3/t18-/m0/s1. The van der Waals surface area contributed by atoms with E-state index in [1.54, 1.807) is 37.4 Å². The fourth-order valence-electron chi connectivity index (χ4n) is 3.14. The van der Waals surface area contributed by atoms with Gasteiger partial charge in [-0.25, -0.2) is 8.42 Å². The predicted molar refractivity (Wildman–Crippen MR) is 114 cm³/mol.